The number of fused-ring (bicyclic) bond motifs is 3. The largest absolute Gasteiger partial charge is 0.486 e. The minimum Gasteiger partial charge on any atom is -0.486 e. The van der Waals surface area contributed by atoms with Gasteiger partial charge < -0.3 is 19.4 Å². The zero-order valence-corrected chi connectivity index (χ0v) is 19.0. The lowest BCUT2D eigenvalue weighted by Gasteiger charge is -2.19. The average molecular weight is 466 g/mol. The number of carbonyl (C=O) groups is 1. The van der Waals surface area contributed by atoms with Gasteiger partial charge in [0.15, 0.2) is 11.5 Å². The molecule has 1 amide bonds. The highest BCUT2D eigenvalue weighted by molar-refractivity contribution is 6.06. The Kier molecular flexibility index (Phi) is 4.99. The molecule has 8 heteroatoms. The van der Waals surface area contributed by atoms with Crippen LogP contribution in [0.3, 0.4) is 0 Å². The number of rotatable bonds is 4. The van der Waals surface area contributed by atoms with E-state index in [4.69, 9.17) is 14.5 Å². The van der Waals surface area contributed by atoms with E-state index in [2.05, 4.69) is 5.32 Å². The summed E-state index contributed by atoms with van der Waals surface area (Å²) in [6.45, 7) is 3.25. The van der Waals surface area contributed by atoms with Crippen LogP contribution in [-0.2, 0) is 6.54 Å². The van der Waals surface area contributed by atoms with Gasteiger partial charge >= 0.3 is 0 Å². The van der Waals surface area contributed by atoms with Crippen molar-refractivity contribution in [3.05, 3.63) is 100 Å². The highest BCUT2D eigenvalue weighted by atomic mass is 16.6. The number of ether oxygens (including phenoxy) is 2. The van der Waals surface area contributed by atoms with Gasteiger partial charge in [-0.15, -0.1) is 0 Å². The molecule has 0 atom stereocenters. The number of pyridine rings is 1. The summed E-state index contributed by atoms with van der Waals surface area (Å²) in [5, 5.41) is 3.32. The zero-order chi connectivity index (χ0) is 23.9. The van der Waals surface area contributed by atoms with Crippen molar-refractivity contribution in [1.29, 1.82) is 0 Å². The summed E-state index contributed by atoms with van der Waals surface area (Å²) in [6, 6.07) is 20.4. The third-order valence-corrected chi connectivity index (χ3v) is 6.11. The number of nitrogens with zero attached hydrogens (tertiary/aromatic N) is 3. The molecule has 1 aliphatic heterocycles. The van der Waals surface area contributed by atoms with Crippen molar-refractivity contribution in [3.63, 3.8) is 0 Å². The van der Waals surface area contributed by atoms with Crippen LogP contribution < -0.4 is 20.3 Å². The predicted octanol–water partition coefficient (Wildman–Crippen LogP) is 4.03. The SMILES string of the molecule is Cc1cccn2c(=O)c3cc(C(=O)Nc4ccc5c(c4)OCCO5)n(Cc4ccccc4)c3nc12. The van der Waals surface area contributed by atoms with Gasteiger partial charge in [-0.25, -0.2) is 4.98 Å². The number of aromatic nitrogens is 3. The van der Waals surface area contributed by atoms with Crippen LogP contribution in [0.25, 0.3) is 16.7 Å². The van der Waals surface area contributed by atoms with Crippen LogP contribution in [0.5, 0.6) is 11.5 Å². The van der Waals surface area contributed by atoms with E-state index in [-0.39, 0.29) is 11.5 Å². The maximum atomic E-state index is 13.5. The summed E-state index contributed by atoms with van der Waals surface area (Å²) in [5.41, 5.74) is 3.61. The van der Waals surface area contributed by atoms with Gasteiger partial charge in [0.1, 0.15) is 30.2 Å². The molecule has 0 bridgehead atoms. The smallest absolute Gasteiger partial charge is 0.272 e. The van der Waals surface area contributed by atoms with Gasteiger partial charge in [-0.3, -0.25) is 14.0 Å². The summed E-state index contributed by atoms with van der Waals surface area (Å²) in [6.07, 6.45) is 1.70. The fourth-order valence-corrected chi connectivity index (χ4v) is 4.39. The lowest BCUT2D eigenvalue weighted by atomic mass is 10.2. The Labute approximate surface area is 200 Å². The van der Waals surface area contributed by atoms with Crippen LogP contribution in [0.2, 0.25) is 0 Å². The van der Waals surface area contributed by atoms with Gasteiger partial charge in [0.05, 0.1) is 5.39 Å². The molecule has 1 aliphatic rings. The number of carbonyl (C=O) groups excluding carboxylic acids is 1. The highest BCUT2D eigenvalue weighted by Gasteiger charge is 2.21. The molecule has 0 aliphatic carbocycles. The summed E-state index contributed by atoms with van der Waals surface area (Å²) < 4.78 is 14.5. The quantitative estimate of drug-likeness (QED) is 0.432. The second kappa shape index (κ2) is 8.32. The number of nitrogens with one attached hydrogen (secondary N) is 1. The van der Waals surface area contributed by atoms with Gasteiger partial charge in [-0.05, 0) is 42.3 Å². The first kappa shape index (κ1) is 21.0. The molecule has 0 saturated heterocycles. The standard InChI is InChI=1S/C27H22N4O4/c1-17-6-5-11-30-24(17)29-25-20(27(30)33)15-21(31(25)16-18-7-3-2-4-8-18)26(32)28-19-9-10-22-23(14-19)35-13-12-34-22/h2-11,14-15H,12-13,16H2,1H3,(H,28,32). The maximum absolute atomic E-state index is 13.5. The van der Waals surface area contributed by atoms with Crippen molar-refractivity contribution in [1.82, 2.24) is 14.0 Å². The molecule has 2 aromatic carbocycles. The van der Waals surface area contributed by atoms with E-state index in [9.17, 15) is 9.59 Å². The van der Waals surface area contributed by atoms with E-state index < -0.39 is 0 Å². The number of benzene rings is 2. The molecule has 0 spiro atoms. The van der Waals surface area contributed by atoms with Crippen molar-refractivity contribution in [2.45, 2.75) is 13.5 Å². The summed E-state index contributed by atoms with van der Waals surface area (Å²) in [5.74, 6) is 0.882. The topological polar surface area (TPSA) is 86.9 Å². The molecule has 4 heterocycles. The van der Waals surface area contributed by atoms with E-state index in [0.717, 1.165) is 11.1 Å². The lowest BCUT2D eigenvalue weighted by molar-refractivity contribution is 0.101. The van der Waals surface area contributed by atoms with Crippen LogP contribution in [0.15, 0.2) is 77.7 Å². The van der Waals surface area contributed by atoms with Crippen LogP contribution in [-0.4, -0.2) is 33.1 Å². The van der Waals surface area contributed by atoms with E-state index in [1.165, 1.54) is 4.40 Å². The van der Waals surface area contributed by atoms with Gasteiger partial charge in [0, 0.05) is 24.5 Å². The fourth-order valence-electron chi connectivity index (χ4n) is 4.39. The molecule has 0 saturated carbocycles. The van der Waals surface area contributed by atoms with Crippen molar-refractivity contribution in [2.24, 2.45) is 0 Å². The third-order valence-electron chi connectivity index (χ3n) is 6.11. The van der Waals surface area contributed by atoms with Crippen molar-refractivity contribution in [3.8, 4) is 11.5 Å². The molecular weight excluding hydrogens is 444 g/mol. The minimum atomic E-state index is -0.346. The molecule has 35 heavy (non-hydrogen) atoms. The molecule has 1 N–H and O–H groups in total. The fraction of sp³-hybridized carbons (Fsp3) is 0.148. The number of aryl methyl sites for hydroxylation is 1. The molecule has 0 fully saturated rings. The molecule has 174 valence electrons. The Morgan fingerprint density at radius 1 is 0.971 bits per heavy atom. The van der Waals surface area contributed by atoms with E-state index in [1.807, 2.05) is 49.4 Å². The van der Waals surface area contributed by atoms with Gasteiger partial charge in [0.25, 0.3) is 11.5 Å². The Hall–Kier alpha value is -4.59. The minimum absolute atomic E-state index is 0.214. The summed E-state index contributed by atoms with van der Waals surface area (Å²) in [4.78, 5) is 31.7. The zero-order valence-electron chi connectivity index (χ0n) is 19.0. The van der Waals surface area contributed by atoms with Crippen LogP contribution in [0, 0.1) is 6.92 Å². The normalized spacial score (nSPS) is 12.7. The first-order chi connectivity index (χ1) is 17.1. The van der Waals surface area contributed by atoms with E-state index >= 15 is 0 Å². The summed E-state index contributed by atoms with van der Waals surface area (Å²) in [7, 11) is 0. The maximum Gasteiger partial charge on any atom is 0.272 e. The molecule has 0 unspecified atom stereocenters. The van der Waals surface area contributed by atoms with Crippen LogP contribution in [0.4, 0.5) is 5.69 Å². The van der Waals surface area contributed by atoms with Gasteiger partial charge in [-0.1, -0.05) is 36.4 Å². The first-order valence-electron chi connectivity index (χ1n) is 11.3. The molecule has 0 radical (unpaired) electrons. The molecule has 6 rings (SSSR count). The Morgan fingerprint density at radius 3 is 2.60 bits per heavy atom. The van der Waals surface area contributed by atoms with Crippen molar-refractivity contribution < 1.29 is 14.3 Å². The molecule has 5 aromatic rings. The Balaban J connectivity index is 1.48. The van der Waals surface area contributed by atoms with Crippen molar-refractivity contribution in [2.75, 3.05) is 18.5 Å². The molecule has 8 nitrogen and oxygen atoms in total. The number of hydrogen-bond acceptors (Lipinski definition) is 5. The van der Waals surface area contributed by atoms with Crippen LogP contribution in [0.1, 0.15) is 21.6 Å². The monoisotopic (exact) mass is 466 g/mol. The highest BCUT2D eigenvalue weighted by Crippen LogP contribution is 2.33. The Bertz CT molecular complexity index is 1650. The summed E-state index contributed by atoms with van der Waals surface area (Å²) >= 11 is 0. The molecule has 3 aromatic heterocycles. The number of anilines is 1. The molecular formula is C27H22N4O4. The Morgan fingerprint density at radius 2 is 1.77 bits per heavy atom. The average Bonchev–Trinajstić information content (AvgIpc) is 3.24. The number of amides is 1. The number of hydrogen-bond donors (Lipinski definition) is 1. The van der Waals surface area contributed by atoms with Gasteiger partial charge in [-0.2, -0.15) is 0 Å². The van der Waals surface area contributed by atoms with E-state index in [1.54, 1.807) is 35.0 Å². The predicted molar refractivity (Wildman–Crippen MR) is 133 cm³/mol. The van der Waals surface area contributed by atoms with E-state index in [0.29, 0.717) is 59.3 Å². The lowest BCUT2D eigenvalue weighted by Crippen LogP contribution is -2.19. The first-order valence-corrected chi connectivity index (χ1v) is 11.3. The third kappa shape index (κ3) is 3.69. The second-order valence-corrected chi connectivity index (χ2v) is 8.45. The van der Waals surface area contributed by atoms with Crippen LogP contribution >= 0.6 is 0 Å². The van der Waals surface area contributed by atoms with Gasteiger partial charge in [0.2, 0.25) is 0 Å². The second-order valence-electron chi connectivity index (χ2n) is 8.45. The van der Waals surface area contributed by atoms with Crippen molar-refractivity contribution >= 4 is 28.3 Å².